The molecule has 8 heteroatoms. The van der Waals surface area contributed by atoms with Gasteiger partial charge in [0.15, 0.2) is 11.5 Å². The Labute approximate surface area is 152 Å². The molecule has 0 radical (unpaired) electrons. The van der Waals surface area contributed by atoms with Gasteiger partial charge in [0.25, 0.3) is 5.91 Å². The van der Waals surface area contributed by atoms with Crippen molar-refractivity contribution in [2.75, 3.05) is 18.5 Å². The lowest BCUT2D eigenvalue weighted by atomic mass is 10.1. The minimum atomic E-state index is -4.53. The summed E-state index contributed by atoms with van der Waals surface area (Å²) in [5.41, 5.74) is -0.688. The highest BCUT2D eigenvalue weighted by Gasteiger charge is 2.30. The van der Waals surface area contributed by atoms with Crippen LogP contribution in [0.4, 0.5) is 18.9 Å². The number of nitrogens with one attached hydrogen (secondary N) is 1. The molecule has 2 aromatic carbocycles. The number of hydrogen-bond acceptors (Lipinski definition) is 4. The molecule has 2 aromatic rings. The van der Waals surface area contributed by atoms with Crippen molar-refractivity contribution in [2.24, 2.45) is 0 Å². The predicted molar refractivity (Wildman–Crippen MR) is 91.1 cm³/mol. The van der Waals surface area contributed by atoms with E-state index in [1.54, 1.807) is 24.3 Å². The molecule has 1 N–H and O–H groups in total. The van der Waals surface area contributed by atoms with Gasteiger partial charge in [-0.1, -0.05) is 12.1 Å². The van der Waals surface area contributed by atoms with E-state index < -0.39 is 17.6 Å². The zero-order valence-corrected chi connectivity index (χ0v) is 13.8. The molecular formula is C19H13F3N2O3. The molecule has 0 saturated heterocycles. The first-order chi connectivity index (χ1) is 12.9. The summed E-state index contributed by atoms with van der Waals surface area (Å²) in [5.74, 6) is 0.239. The number of carbonyl (C=O) groups excluding carboxylic acids is 1. The van der Waals surface area contributed by atoms with Gasteiger partial charge in [-0.2, -0.15) is 18.4 Å². The van der Waals surface area contributed by atoms with Gasteiger partial charge in [-0.05, 0) is 42.0 Å². The fraction of sp³-hybridized carbons (Fsp3) is 0.158. The molecule has 1 amide bonds. The van der Waals surface area contributed by atoms with E-state index in [1.807, 2.05) is 0 Å². The summed E-state index contributed by atoms with van der Waals surface area (Å²) in [6.07, 6.45) is -3.21. The molecule has 3 rings (SSSR count). The maximum Gasteiger partial charge on any atom is 0.416 e. The minimum Gasteiger partial charge on any atom is -0.486 e. The molecule has 0 saturated carbocycles. The Bertz CT molecular complexity index is 946. The highest BCUT2D eigenvalue weighted by atomic mass is 19.4. The van der Waals surface area contributed by atoms with Crippen LogP contribution in [0.2, 0.25) is 0 Å². The van der Waals surface area contributed by atoms with Gasteiger partial charge in [-0.25, -0.2) is 0 Å². The van der Waals surface area contributed by atoms with Crippen LogP contribution < -0.4 is 14.8 Å². The molecule has 1 aliphatic rings. The summed E-state index contributed by atoms with van der Waals surface area (Å²) in [7, 11) is 0. The van der Waals surface area contributed by atoms with Gasteiger partial charge < -0.3 is 14.8 Å². The van der Waals surface area contributed by atoms with Crippen LogP contribution in [0.15, 0.2) is 48.0 Å². The monoisotopic (exact) mass is 374 g/mol. The van der Waals surface area contributed by atoms with Crippen molar-refractivity contribution in [1.82, 2.24) is 0 Å². The van der Waals surface area contributed by atoms with Gasteiger partial charge in [0.1, 0.15) is 24.9 Å². The Morgan fingerprint density at radius 3 is 2.56 bits per heavy atom. The van der Waals surface area contributed by atoms with E-state index in [9.17, 15) is 23.2 Å². The van der Waals surface area contributed by atoms with Crippen molar-refractivity contribution in [3.05, 3.63) is 59.2 Å². The van der Waals surface area contributed by atoms with Gasteiger partial charge in [0.2, 0.25) is 0 Å². The lowest BCUT2D eigenvalue weighted by molar-refractivity contribution is -0.137. The van der Waals surface area contributed by atoms with Crippen LogP contribution in [0.3, 0.4) is 0 Å². The number of rotatable bonds is 3. The molecule has 1 aliphatic heterocycles. The van der Waals surface area contributed by atoms with Crippen LogP contribution in [0, 0.1) is 11.3 Å². The van der Waals surface area contributed by atoms with Crippen molar-refractivity contribution < 1.29 is 27.4 Å². The SMILES string of the molecule is N#C/C(=C\c1ccc2c(c1)OCCO2)C(=O)Nc1cccc(C(F)(F)F)c1. The largest absolute Gasteiger partial charge is 0.486 e. The smallest absolute Gasteiger partial charge is 0.416 e. The van der Waals surface area contributed by atoms with Crippen molar-refractivity contribution in [3.63, 3.8) is 0 Å². The number of carbonyl (C=O) groups is 1. The number of fused-ring (bicyclic) bond motifs is 1. The Balaban J connectivity index is 1.81. The number of nitrogens with zero attached hydrogens (tertiary/aromatic N) is 1. The van der Waals surface area contributed by atoms with Gasteiger partial charge in [-0.3, -0.25) is 4.79 Å². The Hall–Kier alpha value is -3.47. The molecule has 5 nitrogen and oxygen atoms in total. The van der Waals surface area contributed by atoms with E-state index >= 15 is 0 Å². The highest BCUT2D eigenvalue weighted by Crippen LogP contribution is 2.32. The summed E-state index contributed by atoms with van der Waals surface area (Å²) >= 11 is 0. The summed E-state index contributed by atoms with van der Waals surface area (Å²) in [5, 5.41) is 11.5. The number of anilines is 1. The first-order valence-electron chi connectivity index (χ1n) is 7.87. The molecule has 0 aliphatic carbocycles. The summed E-state index contributed by atoms with van der Waals surface area (Å²) in [4.78, 5) is 12.3. The van der Waals surface area contributed by atoms with Crippen molar-refractivity contribution in [3.8, 4) is 17.6 Å². The third-order valence-corrected chi connectivity index (χ3v) is 3.69. The van der Waals surface area contributed by atoms with Gasteiger partial charge in [-0.15, -0.1) is 0 Å². The molecule has 1 heterocycles. The van der Waals surface area contributed by atoms with E-state index in [0.717, 1.165) is 12.1 Å². The third kappa shape index (κ3) is 4.39. The average molecular weight is 374 g/mol. The molecule has 0 spiro atoms. The van der Waals surface area contributed by atoms with E-state index in [4.69, 9.17) is 9.47 Å². The number of amides is 1. The topological polar surface area (TPSA) is 71.3 Å². The Morgan fingerprint density at radius 2 is 1.85 bits per heavy atom. The van der Waals surface area contributed by atoms with Gasteiger partial charge in [0.05, 0.1) is 5.56 Å². The molecular weight excluding hydrogens is 361 g/mol. The average Bonchev–Trinajstić information content (AvgIpc) is 2.65. The zero-order valence-electron chi connectivity index (χ0n) is 13.8. The summed E-state index contributed by atoms with van der Waals surface area (Å²) in [6, 6.07) is 10.8. The molecule has 0 bridgehead atoms. The Morgan fingerprint density at radius 1 is 1.11 bits per heavy atom. The second-order valence-corrected chi connectivity index (χ2v) is 5.61. The number of hydrogen-bond donors (Lipinski definition) is 1. The highest BCUT2D eigenvalue weighted by molar-refractivity contribution is 6.09. The van der Waals surface area contributed by atoms with Crippen LogP contribution in [-0.4, -0.2) is 19.1 Å². The molecule has 0 unspecified atom stereocenters. The predicted octanol–water partition coefficient (Wildman–Crippen LogP) is 4.02. The molecule has 0 aromatic heterocycles. The number of benzene rings is 2. The van der Waals surface area contributed by atoms with E-state index in [-0.39, 0.29) is 11.3 Å². The molecule has 0 fully saturated rings. The van der Waals surface area contributed by atoms with Gasteiger partial charge in [0, 0.05) is 5.69 Å². The number of halogens is 3. The molecule has 27 heavy (non-hydrogen) atoms. The van der Waals surface area contributed by atoms with E-state index in [0.29, 0.717) is 30.3 Å². The van der Waals surface area contributed by atoms with Crippen molar-refractivity contribution in [1.29, 1.82) is 5.26 Å². The van der Waals surface area contributed by atoms with Crippen LogP contribution in [-0.2, 0) is 11.0 Å². The second kappa shape index (κ2) is 7.41. The number of ether oxygens (including phenoxy) is 2. The maximum atomic E-state index is 12.8. The Kier molecular flexibility index (Phi) is 5.03. The van der Waals surface area contributed by atoms with Crippen LogP contribution >= 0.6 is 0 Å². The third-order valence-electron chi connectivity index (χ3n) is 3.69. The summed E-state index contributed by atoms with van der Waals surface area (Å²) in [6.45, 7) is 0.826. The maximum absolute atomic E-state index is 12.8. The van der Waals surface area contributed by atoms with Gasteiger partial charge >= 0.3 is 6.18 Å². The standard InChI is InChI=1S/C19H13F3N2O3/c20-19(21,22)14-2-1-3-15(10-14)24-18(25)13(11-23)8-12-4-5-16-17(9-12)27-7-6-26-16/h1-5,8-10H,6-7H2,(H,24,25)/b13-8+. The fourth-order valence-electron chi connectivity index (χ4n) is 2.44. The van der Waals surface area contributed by atoms with Crippen LogP contribution in [0.5, 0.6) is 11.5 Å². The minimum absolute atomic E-state index is 0.0573. The molecule has 0 atom stereocenters. The van der Waals surface area contributed by atoms with E-state index in [2.05, 4.69) is 5.32 Å². The van der Waals surface area contributed by atoms with Crippen molar-refractivity contribution >= 4 is 17.7 Å². The normalized spacial score (nSPS) is 13.6. The first kappa shape index (κ1) is 18.3. The first-order valence-corrected chi connectivity index (χ1v) is 7.87. The molecule has 138 valence electrons. The fourth-order valence-corrected chi connectivity index (χ4v) is 2.44. The number of nitriles is 1. The van der Waals surface area contributed by atoms with Crippen LogP contribution in [0.25, 0.3) is 6.08 Å². The summed E-state index contributed by atoms with van der Waals surface area (Å²) < 4.78 is 49.1. The lowest BCUT2D eigenvalue weighted by Gasteiger charge is -2.18. The second-order valence-electron chi connectivity index (χ2n) is 5.61. The van der Waals surface area contributed by atoms with Crippen molar-refractivity contribution in [2.45, 2.75) is 6.18 Å². The quantitative estimate of drug-likeness (QED) is 0.651. The number of alkyl halides is 3. The lowest BCUT2D eigenvalue weighted by Crippen LogP contribution is -2.15. The van der Waals surface area contributed by atoms with E-state index in [1.165, 1.54) is 18.2 Å². The zero-order chi connectivity index (χ0) is 19.4. The van der Waals surface area contributed by atoms with Crippen LogP contribution in [0.1, 0.15) is 11.1 Å².